The highest BCUT2D eigenvalue weighted by Crippen LogP contribution is 2.61. The average Bonchev–Trinajstić information content (AvgIpc) is 3.37. The number of rotatable bonds is 2. The summed E-state index contributed by atoms with van der Waals surface area (Å²) >= 11 is 0. The van der Waals surface area contributed by atoms with Crippen molar-refractivity contribution >= 4 is 12.2 Å². The molecule has 10 atom stereocenters. The molecular formula is C38H50O2. The van der Waals surface area contributed by atoms with E-state index < -0.39 is 0 Å². The Morgan fingerprint density at radius 2 is 1.00 bits per heavy atom. The van der Waals surface area contributed by atoms with E-state index in [4.69, 9.17) is 9.47 Å². The number of hydrogen-bond donors (Lipinski definition) is 0. The zero-order valence-electron chi connectivity index (χ0n) is 26.0. The third-order valence-corrected chi connectivity index (χ3v) is 11.5. The lowest BCUT2D eigenvalue weighted by Gasteiger charge is -2.47. The Morgan fingerprint density at radius 3 is 1.38 bits per heavy atom. The molecule has 0 spiro atoms. The molecule has 1 aromatic carbocycles. The highest BCUT2D eigenvalue weighted by Gasteiger charge is 2.55. The van der Waals surface area contributed by atoms with Crippen molar-refractivity contribution in [3.8, 4) is 0 Å². The molecule has 0 unspecified atom stereocenters. The predicted octanol–water partition coefficient (Wildman–Crippen LogP) is 9.48. The molecule has 214 valence electrons. The Hall–Kier alpha value is -1.90. The zero-order valence-corrected chi connectivity index (χ0v) is 26.0. The quantitative estimate of drug-likeness (QED) is 0.349. The molecule has 7 rings (SSSR count). The van der Waals surface area contributed by atoms with Gasteiger partial charge in [0.05, 0.1) is 23.4 Å². The Kier molecular flexibility index (Phi) is 5.94. The van der Waals surface area contributed by atoms with Gasteiger partial charge in [-0.25, -0.2) is 0 Å². The smallest absolute Gasteiger partial charge is 0.0673 e. The number of ether oxygens (including phenoxy) is 2. The summed E-state index contributed by atoms with van der Waals surface area (Å²) in [5.41, 5.74) is 5.95. The van der Waals surface area contributed by atoms with Gasteiger partial charge in [0, 0.05) is 22.7 Å². The van der Waals surface area contributed by atoms with Crippen molar-refractivity contribution in [2.75, 3.05) is 0 Å². The first-order chi connectivity index (χ1) is 18.8. The molecule has 6 aliphatic carbocycles. The molecular weight excluding hydrogens is 488 g/mol. The maximum atomic E-state index is 6.61. The summed E-state index contributed by atoms with van der Waals surface area (Å²) in [6.07, 6.45) is 25.6. The SMILES string of the molecule is CC(C)(C)O[C@H]1CC[C@H]2[C@@H]3C=Cc4cc5c(cc4[C@@H]3C=C[C@]12C)C=C[C@@H]1[C@H]5C=C[C@]2(C)[C@@H](OC(C)(C)C)CC[C@@H]12. The highest BCUT2D eigenvalue weighted by atomic mass is 16.5. The second-order valence-electron chi connectivity index (χ2n) is 16.3. The molecule has 2 nitrogen and oxygen atoms in total. The molecule has 0 radical (unpaired) electrons. The summed E-state index contributed by atoms with van der Waals surface area (Å²) in [6.45, 7) is 18.1. The Labute approximate surface area is 243 Å². The molecule has 0 N–H and O–H groups in total. The zero-order chi connectivity index (χ0) is 28.2. The lowest BCUT2D eigenvalue weighted by Crippen LogP contribution is -2.43. The van der Waals surface area contributed by atoms with E-state index >= 15 is 0 Å². The fourth-order valence-electron chi connectivity index (χ4n) is 9.76. The van der Waals surface area contributed by atoms with E-state index in [1.807, 2.05) is 0 Å². The van der Waals surface area contributed by atoms with Gasteiger partial charge < -0.3 is 9.47 Å². The Morgan fingerprint density at radius 1 is 0.600 bits per heavy atom. The van der Waals surface area contributed by atoms with Crippen molar-refractivity contribution in [2.45, 2.75) is 116 Å². The summed E-state index contributed by atoms with van der Waals surface area (Å²) < 4.78 is 13.2. The van der Waals surface area contributed by atoms with Crippen LogP contribution >= 0.6 is 0 Å². The van der Waals surface area contributed by atoms with Crippen molar-refractivity contribution in [3.63, 3.8) is 0 Å². The molecule has 2 heteroatoms. The van der Waals surface area contributed by atoms with Gasteiger partial charge in [0.25, 0.3) is 0 Å². The van der Waals surface area contributed by atoms with Crippen LogP contribution in [0.4, 0.5) is 0 Å². The Balaban J connectivity index is 1.19. The number of benzene rings is 1. The lowest BCUT2D eigenvalue weighted by atomic mass is 9.59. The third-order valence-electron chi connectivity index (χ3n) is 11.5. The molecule has 0 aromatic heterocycles. The van der Waals surface area contributed by atoms with Crippen LogP contribution in [0.5, 0.6) is 0 Å². The van der Waals surface area contributed by atoms with E-state index in [-0.39, 0.29) is 22.0 Å². The van der Waals surface area contributed by atoms with Crippen molar-refractivity contribution in [2.24, 2.45) is 34.5 Å². The standard InChI is InChI=1S/C38H50O2/c1-35(2,3)39-33-15-13-31-27-11-9-23-22-30-24(21-29(23)25(27)17-19-37(31,33)7)10-12-28-26(30)18-20-38(8)32(28)14-16-34(38)40-36(4,5)6/h9-12,17-22,25-28,31-34H,13-16H2,1-8H3/t25-,26-,27-,28-,31+,32+,33+,34+,37+,38+/m1/s1. The van der Waals surface area contributed by atoms with Crippen molar-refractivity contribution in [1.29, 1.82) is 0 Å². The molecule has 0 aliphatic heterocycles. The van der Waals surface area contributed by atoms with Crippen molar-refractivity contribution in [3.05, 3.63) is 70.8 Å². The van der Waals surface area contributed by atoms with Crippen LogP contribution in [0.1, 0.15) is 115 Å². The third kappa shape index (κ3) is 4.10. The summed E-state index contributed by atoms with van der Waals surface area (Å²) in [6, 6.07) is 5.09. The van der Waals surface area contributed by atoms with Crippen LogP contribution in [-0.2, 0) is 9.47 Å². The van der Waals surface area contributed by atoms with Crippen LogP contribution in [0.15, 0.2) is 48.6 Å². The fraction of sp³-hybridized carbons (Fsp3) is 0.632. The molecule has 40 heavy (non-hydrogen) atoms. The molecule has 1 aromatic rings. The maximum Gasteiger partial charge on any atom is 0.0673 e. The largest absolute Gasteiger partial charge is 0.372 e. The second-order valence-corrected chi connectivity index (χ2v) is 16.3. The van der Waals surface area contributed by atoms with Gasteiger partial charge in [0.15, 0.2) is 0 Å². The minimum absolute atomic E-state index is 0.102. The van der Waals surface area contributed by atoms with Crippen LogP contribution < -0.4 is 0 Å². The van der Waals surface area contributed by atoms with E-state index in [0.29, 0.717) is 47.7 Å². The van der Waals surface area contributed by atoms with Crippen LogP contribution in [0.2, 0.25) is 0 Å². The van der Waals surface area contributed by atoms with Crippen LogP contribution in [-0.4, -0.2) is 23.4 Å². The topological polar surface area (TPSA) is 18.5 Å². The molecule has 0 saturated heterocycles. The van der Waals surface area contributed by atoms with Gasteiger partial charge in [-0.2, -0.15) is 0 Å². The van der Waals surface area contributed by atoms with E-state index in [9.17, 15) is 0 Å². The number of allylic oxidation sites excluding steroid dienone is 4. The second kappa shape index (κ2) is 8.81. The van der Waals surface area contributed by atoms with E-state index in [0.717, 1.165) is 12.8 Å². The van der Waals surface area contributed by atoms with Gasteiger partial charge >= 0.3 is 0 Å². The monoisotopic (exact) mass is 538 g/mol. The minimum Gasteiger partial charge on any atom is -0.372 e. The molecule has 0 bridgehead atoms. The molecule has 0 heterocycles. The first-order valence-corrected chi connectivity index (χ1v) is 16.1. The van der Waals surface area contributed by atoms with E-state index in [2.05, 4.69) is 116 Å². The lowest BCUT2D eigenvalue weighted by molar-refractivity contribution is -0.0989. The van der Waals surface area contributed by atoms with Crippen molar-refractivity contribution < 1.29 is 9.47 Å². The first-order valence-electron chi connectivity index (χ1n) is 16.1. The van der Waals surface area contributed by atoms with E-state index in [1.54, 1.807) is 0 Å². The molecule has 0 amide bonds. The first kappa shape index (κ1) is 27.0. The van der Waals surface area contributed by atoms with Crippen molar-refractivity contribution in [1.82, 2.24) is 0 Å². The minimum atomic E-state index is -0.102. The van der Waals surface area contributed by atoms with Gasteiger partial charge in [0.2, 0.25) is 0 Å². The summed E-state index contributed by atoms with van der Waals surface area (Å²) in [5, 5.41) is 0. The van der Waals surface area contributed by atoms with Crippen LogP contribution in [0.3, 0.4) is 0 Å². The van der Waals surface area contributed by atoms with Gasteiger partial charge in [0.1, 0.15) is 0 Å². The fourth-order valence-corrected chi connectivity index (χ4v) is 9.76. The van der Waals surface area contributed by atoms with Gasteiger partial charge in [-0.15, -0.1) is 0 Å². The average molecular weight is 539 g/mol. The van der Waals surface area contributed by atoms with Crippen LogP contribution in [0, 0.1) is 34.5 Å². The van der Waals surface area contributed by atoms with Gasteiger partial charge in [-0.3, -0.25) is 0 Å². The maximum absolute atomic E-state index is 6.61. The number of fused-ring (bicyclic) bond motifs is 10. The van der Waals surface area contributed by atoms with Gasteiger partial charge in [-0.1, -0.05) is 74.6 Å². The van der Waals surface area contributed by atoms with Gasteiger partial charge in [-0.05, 0) is 113 Å². The molecule has 6 aliphatic rings. The molecule has 2 fully saturated rings. The predicted molar refractivity (Wildman–Crippen MR) is 166 cm³/mol. The normalized spacial score (nSPS) is 42.6. The Bertz CT molecular complexity index is 1210. The summed E-state index contributed by atoms with van der Waals surface area (Å²) in [7, 11) is 0. The summed E-state index contributed by atoms with van der Waals surface area (Å²) in [4.78, 5) is 0. The molecule has 2 saturated carbocycles. The highest BCUT2D eigenvalue weighted by molar-refractivity contribution is 5.69. The number of hydrogen-bond acceptors (Lipinski definition) is 2. The summed E-state index contributed by atoms with van der Waals surface area (Å²) in [5.74, 6) is 3.34. The van der Waals surface area contributed by atoms with Crippen LogP contribution in [0.25, 0.3) is 12.2 Å². The van der Waals surface area contributed by atoms with E-state index in [1.165, 1.54) is 35.1 Å².